The molecule has 0 atom stereocenters. The van der Waals surface area contributed by atoms with Gasteiger partial charge in [-0.05, 0) is 30.7 Å². The highest BCUT2D eigenvalue weighted by atomic mass is 16.5. The summed E-state index contributed by atoms with van der Waals surface area (Å²) in [5.41, 5.74) is 2.30. The number of aromatic nitrogens is 1. The summed E-state index contributed by atoms with van der Waals surface area (Å²) < 4.78 is 5.57. The standard InChI is InChI=1S/C16H20N2O/c1-2-7-15(8-3-1)13-17-10-6-12-19-14-16-9-4-5-11-18-16/h1-5,7-9,11,17H,6,10,12-14H2. The van der Waals surface area contributed by atoms with Crippen molar-refractivity contribution in [2.24, 2.45) is 0 Å². The van der Waals surface area contributed by atoms with Crippen LogP contribution in [0.4, 0.5) is 0 Å². The van der Waals surface area contributed by atoms with Crippen molar-refractivity contribution < 1.29 is 4.74 Å². The average Bonchev–Trinajstić information content (AvgIpc) is 2.48. The van der Waals surface area contributed by atoms with E-state index in [1.165, 1.54) is 5.56 Å². The molecule has 0 aliphatic heterocycles. The van der Waals surface area contributed by atoms with Gasteiger partial charge in [0.05, 0.1) is 12.3 Å². The zero-order chi connectivity index (χ0) is 13.2. The van der Waals surface area contributed by atoms with Crippen LogP contribution >= 0.6 is 0 Å². The quantitative estimate of drug-likeness (QED) is 0.737. The summed E-state index contributed by atoms with van der Waals surface area (Å²) in [5.74, 6) is 0. The van der Waals surface area contributed by atoms with Crippen LogP contribution in [0, 0.1) is 0 Å². The molecular weight excluding hydrogens is 236 g/mol. The molecule has 0 saturated carbocycles. The summed E-state index contributed by atoms with van der Waals surface area (Å²) in [6, 6.07) is 16.3. The number of nitrogens with zero attached hydrogens (tertiary/aromatic N) is 1. The maximum atomic E-state index is 5.57. The minimum atomic E-state index is 0.597. The third-order valence-electron chi connectivity index (χ3n) is 2.79. The number of benzene rings is 1. The first-order valence-corrected chi connectivity index (χ1v) is 6.67. The second-order valence-electron chi connectivity index (χ2n) is 4.39. The molecule has 1 heterocycles. The molecular formula is C16H20N2O. The van der Waals surface area contributed by atoms with Gasteiger partial charge in [0.2, 0.25) is 0 Å². The van der Waals surface area contributed by atoms with Gasteiger partial charge in [-0.25, -0.2) is 0 Å². The molecule has 100 valence electrons. The first-order valence-electron chi connectivity index (χ1n) is 6.67. The fraction of sp³-hybridized carbons (Fsp3) is 0.312. The fourth-order valence-electron chi connectivity index (χ4n) is 1.79. The highest BCUT2D eigenvalue weighted by Gasteiger charge is 1.94. The lowest BCUT2D eigenvalue weighted by atomic mass is 10.2. The van der Waals surface area contributed by atoms with Gasteiger partial charge in [0.1, 0.15) is 0 Å². The van der Waals surface area contributed by atoms with Gasteiger partial charge in [-0.1, -0.05) is 36.4 Å². The Bertz CT molecular complexity index is 401. The smallest absolute Gasteiger partial charge is 0.0887 e. The molecule has 0 unspecified atom stereocenters. The minimum absolute atomic E-state index is 0.597. The second kappa shape index (κ2) is 8.40. The van der Waals surface area contributed by atoms with Crippen LogP contribution in [0.3, 0.4) is 0 Å². The second-order valence-corrected chi connectivity index (χ2v) is 4.39. The van der Waals surface area contributed by atoms with E-state index in [4.69, 9.17) is 4.74 Å². The largest absolute Gasteiger partial charge is 0.375 e. The number of pyridine rings is 1. The predicted molar refractivity (Wildman–Crippen MR) is 76.7 cm³/mol. The molecule has 0 spiro atoms. The van der Waals surface area contributed by atoms with Crippen molar-refractivity contribution in [1.82, 2.24) is 10.3 Å². The topological polar surface area (TPSA) is 34.1 Å². The molecule has 3 heteroatoms. The number of rotatable bonds is 8. The van der Waals surface area contributed by atoms with E-state index in [1.807, 2.05) is 24.3 Å². The number of hydrogen-bond acceptors (Lipinski definition) is 3. The molecule has 0 fully saturated rings. The Kier molecular flexibility index (Phi) is 6.07. The Morgan fingerprint density at radius 2 is 1.84 bits per heavy atom. The van der Waals surface area contributed by atoms with Gasteiger partial charge in [-0.15, -0.1) is 0 Å². The van der Waals surface area contributed by atoms with Crippen molar-refractivity contribution >= 4 is 0 Å². The van der Waals surface area contributed by atoms with Crippen LogP contribution < -0.4 is 5.32 Å². The Morgan fingerprint density at radius 3 is 2.63 bits per heavy atom. The van der Waals surface area contributed by atoms with Gasteiger partial charge in [-0.3, -0.25) is 4.98 Å². The third-order valence-corrected chi connectivity index (χ3v) is 2.79. The normalized spacial score (nSPS) is 10.5. The first-order chi connectivity index (χ1) is 9.45. The molecule has 0 radical (unpaired) electrons. The van der Waals surface area contributed by atoms with Crippen molar-refractivity contribution in [1.29, 1.82) is 0 Å². The van der Waals surface area contributed by atoms with E-state index in [9.17, 15) is 0 Å². The Balaban J connectivity index is 1.49. The summed E-state index contributed by atoms with van der Waals surface area (Å²) in [4.78, 5) is 4.21. The van der Waals surface area contributed by atoms with Gasteiger partial charge in [0.25, 0.3) is 0 Å². The van der Waals surface area contributed by atoms with Crippen LogP contribution in [0.5, 0.6) is 0 Å². The zero-order valence-corrected chi connectivity index (χ0v) is 11.1. The van der Waals surface area contributed by atoms with Crippen LogP contribution in [-0.4, -0.2) is 18.1 Å². The van der Waals surface area contributed by atoms with Crippen LogP contribution in [0.1, 0.15) is 17.7 Å². The minimum Gasteiger partial charge on any atom is -0.375 e. The fourth-order valence-corrected chi connectivity index (χ4v) is 1.79. The number of nitrogens with one attached hydrogen (secondary N) is 1. The molecule has 1 aromatic heterocycles. The Hall–Kier alpha value is -1.71. The molecule has 0 aliphatic rings. The van der Waals surface area contributed by atoms with Crippen LogP contribution in [0.25, 0.3) is 0 Å². The molecule has 2 aromatic rings. The lowest BCUT2D eigenvalue weighted by molar-refractivity contribution is 0.116. The summed E-state index contributed by atoms with van der Waals surface area (Å²) >= 11 is 0. The van der Waals surface area contributed by atoms with Crippen LogP contribution in [-0.2, 0) is 17.9 Å². The van der Waals surface area contributed by atoms with Crippen molar-refractivity contribution in [2.45, 2.75) is 19.6 Å². The van der Waals surface area contributed by atoms with Gasteiger partial charge in [0.15, 0.2) is 0 Å². The van der Waals surface area contributed by atoms with Gasteiger partial charge >= 0.3 is 0 Å². The molecule has 1 N–H and O–H groups in total. The monoisotopic (exact) mass is 256 g/mol. The zero-order valence-electron chi connectivity index (χ0n) is 11.1. The molecule has 1 aromatic carbocycles. The maximum absolute atomic E-state index is 5.57. The molecule has 0 saturated heterocycles. The number of hydrogen-bond donors (Lipinski definition) is 1. The number of ether oxygens (including phenoxy) is 1. The van der Waals surface area contributed by atoms with E-state index < -0.39 is 0 Å². The molecule has 0 amide bonds. The highest BCUT2D eigenvalue weighted by Crippen LogP contribution is 1.98. The molecule has 0 aliphatic carbocycles. The van der Waals surface area contributed by atoms with E-state index in [1.54, 1.807) is 6.20 Å². The summed E-state index contributed by atoms with van der Waals surface area (Å²) in [6.07, 6.45) is 2.81. The third kappa shape index (κ3) is 5.64. The Labute approximate surface area is 114 Å². The maximum Gasteiger partial charge on any atom is 0.0887 e. The van der Waals surface area contributed by atoms with Gasteiger partial charge in [-0.2, -0.15) is 0 Å². The van der Waals surface area contributed by atoms with E-state index >= 15 is 0 Å². The van der Waals surface area contributed by atoms with Gasteiger partial charge < -0.3 is 10.1 Å². The molecule has 0 bridgehead atoms. The summed E-state index contributed by atoms with van der Waals surface area (Å²) in [6.45, 7) is 3.25. The molecule has 2 rings (SSSR count). The lowest BCUT2D eigenvalue weighted by Crippen LogP contribution is -2.16. The summed E-state index contributed by atoms with van der Waals surface area (Å²) in [7, 11) is 0. The molecule has 3 nitrogen and oxygen atoms in total. The van der Waals surface area contributed by atoms with E-state index in [0.717, 1.165) is 31.8 Å². The van der Waals surface area contributed by atoms with Crippen molar-refractivity contribution in [3.05, 3.63) is 66.0 Å². The highest BCUT2D eigenvalue weighted by molar-refractivity contribution is 5.14. The first kappa shape index (κ1) is 13.7. The lowest BCUT2D eigenvalue weighted by Gasteiger charge is -2.06. The predicted octanol–water partition coefficient (Wildman–Crippen LogP) is 2.78. The summed E-state index contributed by atoms with van der Waals surface area (Å²) in [5, 5.41) is 3.40. The van der Waals surface area contributed by atoms with Crippen molar-refractivity contribution in [3.8, 4) is 0 Å². The van der Waals surface area contributed by atoms with E-state index in [-0.39, 0.29) is 0 Å². The van der Waals surface area contributed by atoms with Gasteiger partial charge in [0, 0.05) is 19.3 Å². The van der Waals surface area contributed by atoms with Crippen molar-refractivity contribution in [3.63, 3.8) is 0 Å². The van der Waals surface area contributed by atoms with E-state index in [0.29, 0.717) is 6.61 Å². The van der Waals surface area contributed by atoms with Crippen molar-refractivity contribution in [2.75, 3.05) is 13.2 Å². The SMILES string of the molecule is c1ccc(CNCCCOCc2ccccn2)cc1. The van der Waals surface area contributed by atoms with Crippen LogP contribution in [0.2, 0.25) is 0 Å². The molecule has 19 heavy (non-hydrogen) atoms. The average molecular weight is 256 g/mol. The Morgan fingerprint density at radius 1 is 1.00 bits per heavy atom. The van der Waals surface area contributed by atoms with Crippen LogP contribution in [0.15, 0.2) is 54.7 Å². The van der Waals surface area contributed by atoms with E-state index in [2.05, 4.69) is 34.6 Å².